The van der Waals surface area contributed by atoms with E-state index in [9.17, 15) is 9.59 Å². The maximum atomic E-state index is 12.2. The first kappa shape index (κ1) is 17.3. The molecular weight excluding hydrogens is 334 g/mol. The number of rotatable bonds is 8. The summed E-state index contributed by atoms with van der Waals surface area (Å²) < 4.78 is 10.3. The number of nitrogens with one attached hydrogen (secondary N) is 3. The van der Waals surface area contributed by atoms with Crippen molar-refractivity contribution in [3.05, 3.63) is 78.1 Å². The highest BCUT2D eigenvalue weighted by Gasteiger charge is 2.08. The molecule has 3 aromatic rings. The highest BCUT2D eigenvalue weighted by atomic mass is 16.3. The maximum absolute atomic E-state index is 12.2. The predicted octanol–water partition coefficient (Wildman–Crippen LogP) is 2.53. The minimum absolute atomic E-state index is 0.0954. The topological polar surface area (TPSA) is 96.5 Å². The van der Waals surface area contributed by atoms with Gasteiger partial charge in [-0.15, -0.1) is 0 Å². The van der Waals surface area contributed by atoms with Gasteiger partial charge in [0.25, 0.3) is 5.91 Å². The number of anilines is 1. The van der Waals surface area contributed by atoms with Crippen LogP contribution in [0.1, 0.15) is 21.9 Å². The molecule has 7 heteroatoms. The molecule has 0 saturated carbocycles. The zero-order valence-corrected chi connectivity index (χ0v) is 14.0. The van der Waals surface area contributed by atoms with Gasteiger partial charge >= 0.3 is 0 Å². The van der Waals surface area contributed by atoms with Gasteiger partial charge in [0.2, 0.25) is 5.91 Å². The van der Waals surface area contributed by atoms with Crippen molar-refractivity contribution in [2.45, 2.75) is 13.1 Å². The smallest absolute Gasteiger partial charge is 0.251 e. The van der Waals surface area contributed by atoms with E-state index in [1.165, 1.54) is 0 Å². The molecule has 0 saturated heterocycles. The lowest BCUT2D eigenvalue weighted by molar-refractivity contribution is -0.119. The second-order valence-electron chi connectivity index (χ2n) is 5.55. The van der Waals surface area contributed by atoms with Gasteiger partial charge in [-0.1, -0.05) is 6.07 Å². The van der Waals surface area contributed by atoms with E-state index < -0.39 is 0 Å². The fourth-order valence-corrected chi connectivity index (χ4v) is 2.30. The molecule has 2 amide bonds. The van der Waals surface area contributed by atoms with Gasteiger partial charge in [-0.3, -0.25) is 9.59 Å². The van der Waals surface area contributed by atoms with Crippen LogP contribution >= 0.6 is 0 Å². The molecule has 2 heterocycles. The largest absolute Gasteiger partial charge is 0.467 e. The minimum atomic E-state index is -0.215. The van der Waals surface area contributed by atoms with Gasteiger partial charge in [-0.2, -0.15) is 0 Å². The SMILES string of the molecule is O=C(CNc1cccc(C(=O)NCc2ccco2)c1)NCc1ccco1. The summed E-state index contributed by atoms with van der Waals surface area (Å²) in [5.41, 5.74) is 1.18. The Labute approximate surface area is 150 Å². The zero-order chi connectivity index (χ0) is 18.2. The fourth-order valence-electron chi connectivity index (χ4n) is 2.30. The molecule has 0 aliphatic heterocycles. The van der Waals surface area contributed by atoms with E-state index in [0.717, 1.165) is 0 Å². The lowest BCUT2D eigenvalue weighted by Gasteiger charge is -2.09. The van der Waals surface area contributed by atoms with Crippen molar-refractivity contribution in [3.63, 3.8) is 0 Å². The summed E-state index contributed by atoms with van der Waals surface area (Å²) in [5, 5.41) is 8.52. The van der Waals surface area contributed by atoms with Crippen molar-refractivity contribution >= 4 is 17.5 Å². The molecular formula is C19H19N3O4. The van der Waals surface area contributed by atoms with Crippen LogP contribution in [-0.2, 0) is 17.9 Å². The van der Waals surface area contributed by atoms with E-state index in [1.54, 1.807) is 61.1 Å². The number of furan rings is 2. The normalized spacial score (nSPS) is 10.3. The van der Waals surface area contributed by atoms with Crippen LogP contribution in [0.5, 0.6) is 0 Å². The van der Waals surface area contributed by atoms with E-state index in [2.05, 4.69) is 16.0 Å². The van der Waals surface area contributed by atoms with Crippen molar-refractivity contribution in [2.75, 3.05) is 11.9 Å². The third-order valence-electron chi connectivity index (χ3n) is 3.62. The van der Waals surface area contributed by atoms with Gasteiger partial charge in [0, 0.05) is 11.3 Å². The molecule has 0 atom stereocenters. The monoisotopic (exact) mass is 353 g/mol. The summed E-state index contributed by atoms with van der Waals surface area (Å²) in [6.45, 7) is 0.750. The molecule has 7 nitrogen and oxygen atoms in total. The second kappa shape index (κ2) is 8.57. The maximum Gasteiger partial charge on any atom is 0.251 e. The summed E-state index contributed by atoms with van der Waals surface area (Å²) >= 11 is 0. The van der Waals surface area contributed by atoms with Crippen molar-refractivity contribution in [1.29, 1.82) is 0 Å². The molecule has 26 heavy (non-hydrogen) atoms. The Bertz CT molecular complexity index is 842. The molecule has 0 fully saturated rings. The van der Waals surface area contributed by atoms with Crippen LogP contribution < -0.4 is 16.0 Å². The van der Waals surface area contributed by atoms with E-state index in [-0.39, 0.29) is 18.4 Å². The Kier molecular flexibility index (Phi) is 5.72. The summed E-state index contributed by atoms with van der Waals surface area (Å²) in [5.74, 6) is 0.982. The fraction of sp³-hybridized carbons (Fsp3) is 0.158. The lowest BCUT2D eigenvalue weighted by atomic mass is 10.2. The van der Waals surface area contributed by atoms with Crippen LogP contribution in [-0.4, -0.2) is 18.4 Å². The van der Waals surface area contributed by atoms with Crippen LogP contribution in [0, 0.1) is 0 Å². The molecule has 0 aliphatic rings. The first-order valence-corrected chi connectivity index (χ1v) is 8.14. The molecule has 3 N–H and O–H groups in total. The van der Waals surface area contributed by atoms with Gasteiger partial charge in [0.1, 0.15) is 11.5 Å². The Morgan fingerprint density at radius 2 is 1.54 bits per heavy atom. The van der Waals surface area contributed by atoms with Gasteiger partial charge in [0.15, 0.2) is 0 Å². The first-order chi connectivity index (χ1) is 12.7. The molecule has 0 radical (unpaired) electrons. The van der Waals surface area contributed by atoms with Crippen LogP contribution in [0.3, 0.4) is 0 Å². The standard InChI is InChI=1S/C19H19N3O4/c23-18(21-11-16-6-2-8-25-16)13-20-15-5-1-4-14(10-15)19(24)22-12-17-7-3-9-26-17/h1-10,20H,11-13H2,(H,21,23)(H,22,24). The Balaban J connectivity index is 1.47. The molecule has 0 aliphatic carbocycles. The molecule has 1 aromatic carbocycles. The van der Waals surface area contributed by atoms with E-state index in [1.807, 2.05) is 0 Å². The third kappa shape index (κ3) is 5.01. The number of hydrogen-bond acceptors (Lipinski definition) is 5. The Morgan fingerprint density at radius 1 is 0.846 bits per heavy atom. The summed E-state index contributed by atoms with van der Waals surface area (Å²) in [7, 11) is 0. The van der Waals surface area contributed by atoms with E-state index in [0.29, 0.717) is 35.9 Å². The molecule has 0 bridgehead atoms. The molecule has 2 aromatic heterocycles. The van der Waals surface area contributed by atoms with Crippen molar-refractivity contribution < 1.29 is 18.4 Å². The van der Waals surface area contributed by atoms with Crippen LogP contribution in [0.4, 0.5) is 5.69 Å². The molecule has 0 unspecified atom stereocenters. The molecule has 0 spiro atoms. The number of benzene rings is 1. The van der Waals surface area contributed by atoms with Crippen LogP contribution in [0.15, 0.2) is 69.9 Å². The van der Waals surface area contributed by atoms with Crippen molar-refractivity contribution in [2.24, 2.45) is 0 Å². The van der Waals surface area contributed by atoms with Gasteiger partial charge in [-0.05, 0) is 42.5 Å². The number of carbonyl (C=O) groups excluding carboxylic acids is 2. The van der Waals surface area contributed by atoms with Crippen molar-refractivity contribution in [3.8, 4) is 0 Å². The van der Waals surface area contributed by atoms with Gasteiger partial charge in [0.05, 0.1) is 32.2 Å². The van der Waals surface area contributed by atoms with E-state index >= 15 is 0 Å². The van der Waals surface area contributed by atoms with Gasteiger partial charge in [-0.25, -0.2) is 0 Å². The van der Waals surface area contributed by atoms with Crippen LogP contribution in [0.25, 0.3) is 0 Å². The number of carbonyl (C=O) groups is 2. The Hall–Kier alpha value is -3.48. The third-order valence-corrected chi connectivity index (χ3v) is 3.62. The van der Waals surface area contributed by atoms with Crippen LogP contribution in [0.2, 0.25) is 0 Å². The number of amides is 2. The Morgan fingerprint density at radius 3 is 2.19 bits per heavy atom. The molecule has 3 rings (SSSR count). The lowest BCUT2D eigenvalue weighted by Crippen LogP contribution is -2.29. The highest BCUT2D eigenvalue weighted by molar-refractivity contribution is 5.95. The summed E-state index contributed by atoms with van der Waals surface area (Å²) in [6, 6.07) is 14.1. The molecule has 134 valence electrons. The summed E-state index contributed by atoms with van der Waals surface area (Å²) in [6.07, 6.45) is 3.12. The zero-order valence-electron chi connectivity index (χ0n) is 14.0. The quantitative estimate of drug-likeness (QED) is 0.578. The average Bonchev–Trinajstić information content (AvgIpc) is 3.36. The summed E-state index contributed by atoms with van der Waals surface area (Å²) in [4.78, 5) is 24.1. The average molecular weight is 353 g/mol. The number of hydrogen-bond donors (Lipinski definition) is 3. The minimum Gasteiger partial charge on any atom is -0.467 e. The second-order valence-corrected chi connectivity index (χ2v) is 5.55. The van der Waals surface area contributed by atoms with E-state index in [4.69, 9.17) is 8.83 Å². The highest BCUT2D eigenvalue weighted by Crippen LogP contribution is 2.11. The van der Waals surface area contributed by atoms with Crippen molar-refractivity contribution in [1.82, 2.24) is 10.6 Å². The first-order valence-electron chi connectivity index (χ1n) is 8.14. The van der Waals surface area contributed by atoms with Gasteiger partial charge < -0.3 is 24.8 Å². The predicted molar refractivity (Wildman–Crippen MR) is 95.4 cm³/mol.